The molecule has 0 atom stereocenters. The molecule has 0 aliphatic carbocycles. The number of nitrogens with zero attached hydrogens (tertiary/aromatic N) is 1. The average molecular weight is 374 g/mol. The van der Waals surface area contributed by atoms with E-state index in [1.54, 1.807) is 6.08 Å². The molecule has 1 aliphatic rings. The van der Waals surface area contributed by atoms with Crippen LogP contribution in [0.1, 0.15) is 5.76 Å². The summed E-state index contributed by atoms with van der Waals surface area (Å²) in [6.45, 7) is 3.29. The zero-order valence-electron chi connectivity index (χ0n) is 15.5. The largest absolute Gasteiger partial charge is 0.457 e. The lowest BCUT2D eigenvalue weighted by atomic mass is 10.2. The number of carbonyl (C=O) groups is 1. The van der Waals surface area contributed by atoms with Crippen LogP contribution in [0.4, 0.5) is 11.4 Å². The number of ether oxygens (including phenoxy) is 1. The van der Waals surface area contributed by atoms with Gasteiger partial charge in [-0.05, 0) is 42.5 Å². The van der Waals surface area contributed by atoms with E-state index in [1.165, 1.54) is 6.08 Å². The molecule has 3 aromatic rings. The van der Waals surface area contributed by atoms with Crippen molar-refractivity contribution in [2.45, 2.75) is 0 Å². The van der Waals surface area contributed by atoms with E-state index in [0.717, 1.165) is 49.0 Å². The van der Waals surface area contributed by atoms with E-state index in [0.29, 0.717) is 5.76 Å². The summed E-state index contributed by atoms with van der Waals surface area (Å²) in [6, 6.07) is 21.5. The van der Waals surface area contributed by atoms with Crippen molar-refractivity contribution in [1.82, 2.24) is 0 Å². The number of benzene rings is 2. The second kappa shape index (κ2) is 8.59. The molecule has 5 heteroatoms. The molecule has 0 saturated carbocycles. The average Bonchev–Trinajstić information content (AvgIpc) is 3.23. The van der Waals surface area contributed by atoms with Crippen LogP contribution in [0.3, 0.4) is 0 Å². The van der Waals surface area contributed by atoms with E-state index < -0.39 is 0 Å². The van der Waals surface area contributed by atoms with Crippen molar-refractivity contribution in [2.24, 2.45) is 0 Å². The molecule has 0 unspecified atom stereocenters. The van der Waals surface area contributed by atoms with Gasteiger partial charge in [-0.25, -0.2) is 0 Å². The highest BCUT2D eigenvalue weighted by atomic mass is 16.5. The summed E-state index contributed by atoms with van der Waals surface area (Å²) in [7, 11) is 0. The zero-order valence-corrected chi connectivity index (χ0v) is 15.5. The molecule has 28 heavy (non-hydrogen) atoms. The standard InChI is InChI=1S/C23H22N2O3/c26-23(13-11-21-10-12-22(28-21)18-4-2-1-3-5-18)24-19-6-8-20(9-7-19)25-14-16-27-17-15-25/h1-13H,14-17H2,(H,24,26)/b13-11+. The zero-order chi connectivity index (χ0) is 19.2. The van der Waals surface area contributed by atoms with E-state index >= 15 is 0 Å². The molecule has 142 valence electrons. The maximum Gasteiger partial charge on any atom is 0.248 e. The van der Waals surface area contributed by atoms with E-state index in [1.807, 2.05) is 66.7 Å². The number of carbonyl (C=O) groups excluding carboxylic acids is 1. The summed E-state index contributed by atoms with van der Waals surface area (Å²) in [6.07, 6.45) is 3.15. The molecule has 5 nitrogen and oxygen atoms in total. The first-order chi connectivity index (χ1) is 13.8. The van der Waals surface area contributed by atoms with Gasteiger partial charge in [0.1, 0.15) is 11.5 Å². The summed E-state index contributed by atoms with van der Waals surface area (Å²) in [4.78, 5) is 14.5. The van der Waals surface area contributed by atoms with Gasteiger partial charge in [0.05, 0.1) is 13.2 Å². The van der Waals surface area contributed by atoms with Crippen LogP contribution >= 0.6 is 0 Å². The van der Waals surface area contributed by atoms with Crippen LogP contribution in [0.25, 0.3) is 17.4 Å². The van der Waals surface area contributed by atoms with Crippen molar-refractivity contribution < 1.29 is 13.9 Å². The van der Waals surface area contributed by atoms with Crippen LogP contribution in [-0.4, -0.2) is 32.2 Å². The first-order valence-electron chi connectivity index (χ1n) is 9.35. The van der Waals surface area contributed by atoms with E-state index in [2.05, 4.69) is 10.2 Å². The Bertz CT molecular complexity index is 939. The first kappa shape index (κ1) is 18.1. The third-order valence-corrected chi connectivity index (χ3v) is 4.60. The lowest BCUT2D eigenvalue weighted by Crippen LogP contribution is -2.36. The number of rotatable bonds is 5. The third kappa shape index (κ3) is 4.50. The number of furan rings is 1. The van der Waals surface area contributed by atoms with Gasteiger partial charge in [-0.3, -0.25) is 4.79 Å². The lowest BCUT2D eigenvalue weighted by molar-refractivity contribution is -0.111. The van der Waals surface area contributed by atoms with Gasteiger partial charge in [-0.1, -0.05) is 30.3 Å². The Kier molecular flexibility index (Phi) is 5.54. The summed E-state index contributed by atoms with van der Waals surface area (Å²) in [5.41, 5.74) is 2.91. The Hall–Kier alpha value is -3.31. The number of anilines is 2. The SMILES string of the molecule is O=C(/C=C/c1ccc(-c2ccccc2)o1)Nc1ccc(N2CCOCC2)cc1. The highest BCUT2D eigenvalue weighted by molar-refractivity contribution is 6.01. The molecule has 0 spiro atoms. The number of morpholine rings is 1. The van der Waals surface area contributed by atoms with Gasteiger partial charge >= 0.3 is 0 Å². The Morgan fingerprint density at radius 3 is 2.43 bits per heavy atom. The van der Waals surface area contributed by atoms with Crippen molar-refractivity contribution in [3.63, 3.8) is 0 Å². The minimum atomic E-state index is -0.197. The molecule has 2 heterocycles. The third-order valence-electron chi connectivity index (χ3n) is 4.60. The monoisotopic (exact) mass is 374 g/mol. The fourth-order valence-corrected chi connectivity index (χ4v) is 3.12. The van der Waals surface area contributed by atoms with Crippen molar-refractivity contribution in [3.05, 3.63) is 78.6 Å². The van der Waals surface area contributed by atoms with Crippen molar-refractivity contribution in [3.8, 4) is 11.3 Å². The van der Waals surface area contributed by atoms with Crippen LogP contribution in [0.15, 0.2) is 77.2 Å². The highest BCUT2D eigenvalue weighted by Gasteiger charge is 2.11. The maximum atomic E-state index is 12.2. The minimum absolute atomic E-state index is 0.197. The Balaban J connectivity index is 1.34. The molecule has 1 saturated heterocycles. The van der Waals surface area contributed by atoms with Gasteiger partial charge in [0.2, 0.25) is 5.91 Å². The van der Waals surface area contributed by atoms with Crippen molar-refractivity contribution in [2.75, 3.05) is 36.5 Å². The molecule has 2 aromatic carbocycles. The Morgan fingerprint density at radius 2 is 1.68 bits per heavy atom. The molecule has 4 rings (SSSR count). The molecule has 1 amide bonds. The molecule has 1 aromatic heterocycles. The topological polar surface area (TPSA) is 54.7 Å². The van der Waals surface area contributed by atoms with Crippen molar-refractivity contribution in [1.29, 1.82) is 0 Å². The van der Waals surface area contributed by atoms with Gasteiger partial charge in [0, 0.05) is 36.1 Å². The van der Waals surface area contributed by atoms with Crippen LogP contribution < -0.4 is 10.2 Å². The maximum absolute atomic E-state index is 12.2. The van der Waals surface area contributed by atoms with Crippen LogP contribution in [0.5, 0.6) is 0 Å². The number of amides is 1. The second-order valence-electron chi connectivity index (χ2n) is 6.54. The molecule has 1 fully saturated rings. The Morgan fingerprint density at radius 1 is 0.929 bits per heavy atom. The lowest BCUT2D eigenvalue weighted by Gasteiger charge is -2.28. The molecule has 1 N–H and O–H groups in total. The second-order valence-corrected chi connectivity index (χ2v) is 6.54. The number of hydrogen-bond acceptors (Lipinski definition) is 4. The van der Waals surface area contributed by atoms with Crippen LogP contribution in [-0.2, 0) is 9.53 Å². The molecule has 1 aliphatic heterocycles. The molecular formula is C23H22N2O3. The number of hydrogen-bond donors (Lipinski definition) is 1. The highest BCUT2D eigenvalue weighted by Crippen LogP contribution is 2.22. The smallest absolute Gasteiger partial charge is 0.248 e. The summed E-state index contributed by atoms with van der Waals surface area (Å²) >= 11 is 0. The first-order valence-corrected chi connectivity index (χ1v) is 9.35. The van der Waals surface area contributed by atoms with Gasteiger partial charge in [0.15, 0.2) is 0 Å². The molecule has 0 radical (unpaired) electrons. The minimum Gasteiger partial charge on any atom is -0.457 e. The van der Waals surface area contributed by atoms with E-state index in [4.69, 9.17) is 9.15 Å². The van der Waals surface area contributed by atoms with E-state index in [9.17, 15) is 4.79 Å². The van der Waals surface area contributed by atoms with Gasteiger partial charge in [-0.2, -0.15) is 0 Å². The van der Waals surface area contributed by atoms with E-state index in [-0.39, 0.29) is 5.91 Å². The predicted octanol–water partition coefficient (Wildman–Crippen LogP) is 4.44. The summed E-state index contributed by atoms with van der Waals surface area (Å²) in [5.74, 6) is 1.22. The van der Waals surface area contributed by atoms with Crippen LogP contribution in [0.2, 0.25) is 0 Å². The van der Waals surface area contributed by atoms with Crippen molar-refractivity contribution >= 4 is 23.4 Å². The quantitative estimate of drug-likeness (QED) is 0.671. The number of nitrogens with one attached hydrogen (secondary N) is 1. The van der Waals surface area contributed by atoms with Gasteiger partial charge in [-0.15, -0.1) is 0 Å². The van der Waals surface area contributed by atoms with Gasteiger partial charge < -0.3 is 19.4 Å². The molecular weight excluding hydrogens is 352 g/mol. The van der Waals surface area contributed by atoms with Crippen LogP contribution in [0, 0.1) is 0 Å². The summed E-state index contributed by atoms with van der Waals surface area (Å²) < 4.78 is 11.1. The van der Waals surface area contributed by atoms with Gasteiger partial charge in [0.25, 0.3) is 0 Å². The molecule has 0 bridgehead atoms. The predicted molar refractivity (Wildman–Crippen MR) is 111 cm³/mol. The summed E-state index contributed by atoms with van der Waals surface area (Å²) in [5, 5.41) is 2.87. The normalized spacial score (nSPS) is 14.4. The fourth-order valence-electron chi connectivity index (χ4n) is 3.12. The fraction of sp³-hybridized carbons (Fsp3) is 0.174. The Labute approximate surface area is 164 Å².